The number of nitrogens with one attached hydrogen (secondary N) is 1. The van der Waals surface area contributed by atoms with Crippen molar-refractivity contribution in [2.24, 2.45) is 5.92 Å². The van der Waals surface area contributed by atoms with Crippen LogP contribution >= 0.6 is 11.6 Å². The monoisotopic (exact) mass is 372 g/mol. The second kappa shape index (κ2) is 6.54. The number of nitrogens with zero attached hydrogens (tertiary/aromatic N) is 1. The quantitative estimate of drug-likeness (QED) is 0.848. The number of fused-ring (bicyclic) bond motifs is 2. The number of carbonyl (C=O) groups is 1. The fourth-order valence-electron chi connectivity index (χ4n) is 3.77. The van der Waals surface area contributed by atoms with Crippen molar-refractivity contribution in [3.8, 4) is 5.75 Å². The molecule has 2 fully saturated rings. The molecule has 0 aromatic heterocycles. The summed E-state index contributed by atoms with van der Waals surface area (Å²) in [5.41, 5.74) is 0.847. The molecule has 0 unspecified atom stereocenters. The number of sulfonamides is 1. The third kappa shape index (κ3) is 3.68. The highest BCUT2D eigenvalue weighted by Crippen LogP contribution is 2.38. The normalized spacial score (nSPS) is 26.0. The Kier molecular flexibility index (Phi) is 4.77. The molecule has 2 bridgehead atoms. The van der Waals surface area contributed by atoms with E-state index < -0.39 is 10.0 Å². The van der Waals surface area contributed by atoms with Crippen LogP contribution in [0.3, 0.4) is 0 Å². The van der Waals surface area contributed by atoms with E-state index in [0.717, 1.165) is 12.0 Å². The van der Waals surface area contributed by atoms with Crippen LogP contribution in [0.15, 0.2) is 18.2 Å². The molecule has 1 amide bonds. The van der Waals surface area contributed by atoms with Crippen LogP contribution in [0.2, 0.25) is 5.02 Å². The van der Waals surface area contributed by atoms with Gasteiger partial charge in [0.25, 0.3) is 0 Å². The Labute approximate surface area is 147 Å². The van der Waals surface area contributed by atoms with Crippen molar-refractivity contribution in [1.29, 1.82) is 0 Å². The average Bonchev–Trinajstić information content (AvgIpc) is 3.05. The summed E-state index contributed by atoms with van der Waals surface area (Å²) in [6, 6.07) is 5.42. The van der Waals surface area contributed by atoms with Gasteiger partial charge in [0.15, 0.2) is 0 Å². The Morgan fingerprint density at radius 3 is 2.71 bits per heavy atom. The van der Waals surface area contributed by atoms with E-state index in [-0.39, 0.29) is 30.3 Å². The molecular formula is C16H21ClN2O4S. The highest BCUT2D eigenvalue weighted by molar-refractivity contribution is 7.88. The first-order valence-electron chi connectivity index (χ1n) is 7.86. The van der Waals surface area contributed by atoms with Crippen LogP contribution in [-0.2, 0) is 21.2 Å². The van der Waals surface area contributed by atoms with Gasteiger partial charge in [-0.05, 0) is 36.5 Å². The number of rotatable bonds is 5. The zero-order chi connectivity index (χ0) is 17.5. The average molecular weight is 373 g/mol. The zero-order valence-corrected chi connectivity index (χ0v) is 15.2. The number of ether oxygens (including phenoxy) is 1. The predicted molar refractivity (Wildman–Crippen MR) is 91.7 cm³/mol. The number of amides is 1. The van der Waals surface area contributed by atoms with Crippen LogP contribution < -0.4 is 9.46 Å². The van der Waals surface area contributed by atoms with E-state index in [1.54, 1.807) is 19.2 Å². The number of hydrogen-bond donors (Lipinski definition) is 1. The van der Waals surface area contributed by atoms with Gasteiger partial charge >= 0.3 is 0 Å². The number of piperidine rings is 1. The Morgan fingerprint density at radius 2 is 2.17 bits per heavy atom. The summed E-state index contributed by atoms with van der Waals surface area (Å²) in [6.07, 6.45) is 3.02. The summed E-state index contributed by atoms with van der Waals surface area (Å²) >= 11 is 6.10. The second-order valence-electron chi connectivity index (χ2n) is 6.57. The maximum Gasteiger partial charge on any atom is 0.227 e. The summed E-state index contributed by atoms with van der Waals surface area (Å²) in [7, 11) is -1.66. The largest absolute Gasteiger partial charge is 0.495 e. The standard InChI is InChI=1S/C16H21ClN2O4S/c1-23-15-4-3-10(5-13(15)17)6-16(20)19-9-11-7-12(19)8-14(11)18-24(2,21)22/h3-5,11-12,14,18H,6-9H2,1-2H3/t11-,12-,14-/m0/s1. The minimum Gasteiger partial charge on any atom is -0.495 e. The molecular weight excluding hydrogens is 352 g/mol. The SMILES string of the molecule is COc1ccc(CC(=O)N2C[C@@H]3C[C@H]2C[C@@H]3NS(C)(=O)=O)cc1Cl. The van der Waals surface area contributed by atoms with Crippen molar-refractivity contribution in [1.82, 2.24) is 9.62 Å². The van der Waals surface area contributed by atoms with Crippen molar-refractivity contribution in [2.75, 3.05) is 19.9 Å². The number of methoxy groups -OCH3 is 1. The summed E-state index contributed by atoms with van der Waals surface area (Å²) in [5, 5.41) is 0.489. The van der Waals surface area contributed by atoms with E-state index in [1.165, 1.54) is 6.26 Å². The van der Waals surface area contributed by atoms with Gasteiger partial charge in [-0.2, -0.15) is 0 Å². The molecule has 8 heteroatoms. The Hall–Kier alpha value is -1.31. The molecule has 1 saturated carbocycles. The van der Waals surface area contributed by atoms with E-state index in [1.807, 2.05) is 11.0 Å². The molecule has 1 aromatic carbocycles. The summed E-state index contributed by atoms with van der Waals surface area (Å²) < 4.78 is 30.6. The molecule has 24 heavy (non-hydrogen) atoms. The molecule has 1 heterocycles. The molecule has 3 rings (SSSR count). The van der Waals surface area contributed by atoms with Gasteiger partial charge < -0.3 is 9.64 Å². The smallest absolute Gasteiger partial charge is 0.227 e. The topological polar surface area (TPSA) is 75.7 Å². The van der Waals surface area contributed by atoms with Gasteiger partial charge in [0.1, 0.15) is 5.75 Å². The van der Waals surface area contributed by atoms with Gasteiger partial charge in [-0.15, -0.1) is 0 Å². The van der Waals surface area contributed by atoms with E-state index in [4.69, 9.17) is 16.3 Å². The lowest BCUT2D eigenvalue weighted by Crippen LogP contribution is -2.47. The predicted octanol–water partition coefficient (Wildman–Crippen LogP) is 1.43. The highest BCUT2D eigenvalue weighted by Gasteiger charge is 2.46. The zero-order valence-electron chi connectivity index (χ0n) is 13.7. The third-order valence-corrected chi connectivity index (χ3v) is 5.83. The van der Waals surface area contributed by atoms with Crippen molar-refractivity contribution in [3.05, 3.63) is 28.8 Å². The van der Waals surface area contributed by atoms with Crippen LogP contribution in [0.4, 0.5) is 0 Å². The molecule has 6 nitrogen and oxygen atoms in total. The molecule has 3 atom stereocenters. The van der Waals surface area contributed by atoms with Gasteiger partial charge in [-0.25, -0.2) is 13.1 Å². The lowest BCUT2D eigenvalue weighted by Gasteiger charge is -2.31. The number of benzene rings is 1. The van der Waals surface area contributed by atoms with Crippen molar-refractivity contribution < 1.29 is 17.9 Å². The number of halogens is 1. The molecule has 1 N–H and O–H groups in total. The minimum absolute atomic E-state index is 0.0514. The van der Waals surface area contributed by atoms with Gasteiger partial charge in [0.05, 0.1) is 24.8 Å². The first-order valence-corrected chi connectivity index (χ1v) is 10.1. The molecule has 2 aliphatic rings. The summed E-state index contributed by atoms with van der Waals surface area (Å²) in [4.78, 5) is 14.5. The van der Waals surface area contributed by atoms with Crippen LogP contribution in [-0.4, -0.2) is 51.2 Å². The summed E-state index contributed by atoms with van der Waals surface area (Å²) in [5.74, 6) is 0.845. The molecule has 1 saturated heterocycles. The first-order chi connectivity index (χ1) is 11.3. The second-order valence-corrected chi connectivity index (χ2v) is 8.76. The maximum atomic E-state index is 12.6. The van der Waals surface area contributed by atoms with Crippen LogP contribution in [0.25, 0.3) is 0 Å². The Bertz CT molecular complexity index is 752. The lowest BCUT2D eigenvalue weighted by molar-refractivity contribution is -0.132. The summed E-state index contributed by atoms with van der Waals surface area (Å²) in [6.45, 7) is 0.612. The van der Waals surface area contributed by atoms with Crippen LogP contribution in [0.1, 0.15) is 18.4 Å². The van der Waals surface area contributed by atoms with Crippen molar-refractivity contribution in [3.63, 3.8) is 0 Å². The maximum absolute atomic E-state index is 12.6. The van der Waals surface area contributed by atoms with Crippen LogP contribution in [0.5, 0.6) is 5.75 Å². The molecule has 132 valence electrons. The molecule has 1 aromatic rings. The molecule has 0 radical (unpaired) electrons. The van der Waals surface area contributed by atoms with Crippen molar-refractivity contribution in [2.45, 2.75) is 31.3 Å². The third-order valence-electron chi connectivity index (χ3n) is 4.80. The molecule has 0 spiro atoms. The van der Waals surface area contributed by atoms with E-state index in [0.29, 0.717) is 23.7 Å². The van der Waals surface area contributed by atoms with Crippen molar-refractivity contribution >= 4 is 27.5 Å². The Morgan fingerprint density at radius 1 is 1.42 bits per heavy atom. The lowest BCUT2D eigenvalue weighted by atomic mass is 10.0. The van der Waals surface area contributed by atoms with E-state index in [9.17, 15) is 13.2 Å². The number of carbonyl (C=O) groups excluding carboxylic acids is 1. The Balaban J connectivity index is 1.61. The van der Waals surface area contributed by atoms with Gasteiger partial charge in [0.2, 0.25) is 15.9 Å². The first kappa shape index (κ1) is 17.5. The van der Waals surface area contributed by atoms with Crippen LogP contribution in [0, 0.1) is 5.92 Å². The molecule has 1 aliphatic heterocycles. The van der Waals surface area contributed by atoms with Gasteiger partial charge in [-0.1, -0.05) is 17.7 Å². The number of likely N-dealkylation sites (tertiary alicyclic amines) is 1. The minimum atomic E-state index is -3.21. The molecule has 1 aliphatic carbocycles. The van der Waals surface area contributed by atoms with E-state index in [2.05, 4.69) is 4.72 Å². The fourth-order valence-corrected chi connectivity index (χ4v) is 4.89. The highest BCUT2D eigenvalue weighted by atomic mass is 35.5. The number of hydrogen-bond acceptors (Lipinski definition) is 4. The van der Waals surface area contributed by atoms with Gasteiger partial charge in [-0.3, -0.25) is 4.79 Å². The van der Waals surface area contributed by atoms with E-state index >= 15 is 0 Å². The fraction of sp³-hybridized carbons (Fsp3) is 0.562. The van der Waals surface area contributed by atoms with Gasteiger partial charge in [0, 0.05) is 18.6 Å².